The van der Waals surface area contributed by atoms with E-state index in [-0.39, 0.29) is 12.1 Å². The molecular weight excluding hydrogens is 278 g/mol. The molecule has 0 fully saturated rings. The number of rotatable bonds is 6. The van der Waals surface area contributed by atoms with E-state index in [4.69, 9.17) is 16.3 Å². The molecule has 1 aromatic carbocycles. The first-order valence-corrected chi connectivity index (χ1v) is 7.70. The molecule has 0 aliphatic carbocycles. The third kappa shape index (κ3) is 3.96. The molecule has 0 aliphatic rings. The van der Waals surface area contributed by atoms with Gasteiger partial charge in [-0.1, -0.05) is 24.6 Å². The van der Waals surface area contributed by atoms with Crippen LogP contribution in [0.1, 0.15) is 25.5 Å². The van der Waals surface area contributed by atoms with Crippen LogP contribution in [0.15, 0.2) is 41.1 Å². The minimum atomic E-state index is 0.0352. The van der Waals surface area contributed by atoms with Crippen LogP contribution in [0.5, 0.6) is 5.75 Å². The number of likely N-dealkylation sites (N-methyl/N-ethyl adjacent to an activating group) is 1. The lowest BCUT2D eigenvalue weighted by Gasteiger charge is -2.25. The molecule has 19 heavy (non-hydrogen) atoms. The van der Waals surface area contributed by atoms with Crippen LogP contribution in [0.2, 0.25) is 5.02 Å². The van der Waals surface area contributed by atoms with Crippen LogP contribution in [0.3, 0.4) is 0 Å². The maximum Gasteiger partial charge on any atom is 0.121 e. The van der Waals surface area contributed by atoms with Gasteiger partial charge >= 0.3 is 0 Å². The van der Waals surface area contributed by atoms with Gasteiger partial charge in [-0.3, -0.25) is 0 Å². The molecule has 2 unspecified atom stereocenters. The largest absolute Gasteiger partial charge is 0.489 e. The van der Waals surface area contributed by atoms with Gasteiger partial charge in [-0.25, -0.2) is 0 Å². The molecule has 0 aliphatic heterocycles. The molecule has 0 saturated heterocycles. The van der Waals surface area contributed by atoms with Crippen molar-refractivity contribution in [1.82, 2.24) is 5.32 Å². The topological polar surface area (TPSA) is 21.3 Å². The minimum Gasteiger partial charge on any atom is -0.489 e. The third-order valence-corrected chi connectivity index (χ3v) is 3.85. The summed E-state index contributed by atoms with van der Waals surface area (Å²) < 4.78 is 5.99. The number of hydrogen-bond donors (Lipinski definition) is 1. The van der Waals surface area contributed by atoms with Crippen molar-refractivity contribution in [2.45, 2.75) is 26.0 Å². The number of benzene rings is 1. The van der Waals surface area contributed by atoms with E-state index < -0.39 is 0 Å². The lowest BCUT2D eigenvalue weighted by Crippen LogP contribution is -2.33. The van der Waals surface area contributed by atoms with E-state index in [1.807, 2.05) is 24.3 Å². The highest BCUT2D eigenvalue weighted by Crippen LogP contribution is 2.25. The van der Waals surface area contributed by atoms with Crippen molar-refractivity contribution in [3.63, 3.8) is 0 Å². The molecule has 1 aromatic heterocycles. The summed E-state index contributed by atoms with van der Waals surface area (Å²) in [5.74, 6) is 0.804. The van der Waals surface area contributed by atoms with Gasteiger partial charge in [-0.05, 0) is 54.1 Å². The average Bonchev–Trinajstić information content (AvgIpc) is 2.89. The van der Waals surface area contributed by atoms with Crippen LogP contribution in [0.4, 0.5) is 0 Å². The zero-order chi connectivity index (χ0) is 13.7. The lowest BCUT2D eigenvalue weighted by molar-refractivity contribution is 0.172. The Morgan fingerprint density at radius 1 is 1.37 bits per heavy atom. The molecule has 1 heterocycles. The Morgan fingerprint density at radius 3 is 2.84 bits per heavy atom. The summed E-state index contributed by atoms with van der Waals surface area (Å²) in [7, 11) is 0. The molecule has 0 radical (unpaired) electrons. The number of thiophene rings is 1. The van der Waals surface area contributed by atoms with Gasteiger partial charge in [0, 0.05) is 5.02 Å². The predicted molar refractivity (Wildman–Crippen MR) is 82.3 cm³/mol. The van der Waals surface area contributed by atoms with Crippen LogP contribution in [-0.2, 0) is 0 Å². The molecule has 2 nitrogen and oxygen atoms in total. The Bertz CT molecular complexity index is 501. The van der Waals surface area contributed by atoms with Crippen LogP contribution >= 0.6 is 22.9 Å². The molecule has 0 spiro atoms. The number of halogens is 1. The molecule has 4 heteroatoms. The Balaban J connectivity index is 2.09. The zero-order valence-corrected chi connectivity index (χ0v) is 12.7. The highest BCUT2D eigenvalue weighted by atomic mass is 35.5. The molecular formula is C15H18ClNOS. The Morgan fingerprint density at radius 2 is 2.21 bits per heavy atom. The Hall–Kier alpha value is -1.03. The van der Waals surface area contributed by atoms with Crippen molar-refractivity contribution in [1.29, 1.82) is 0 Å². The first-order valence-electron chi connectivity index (χ1n) is 6.38. The Kier molecular flexibility index (Phi) is 5.25. The predicted octanol–water partition coefficient (Wildman–Crippen LogP) is 4.52. The second-order valence-corrected chi connectivity index (χ2v) is 5.59. The standard InChI is InChI=1S/C15H18ClNOS/c1-3-17-15(12-7-8-19-10-12)11(2)18-14-6-4-5-13(16)9-14/h4-11,15,17H,3H2,1-2H3. The Labute approximate surface area is 123 Å². The van der Waals surface area contributed by atoms with E-state index >= 15 is 0 Å². The van der Waals surface area contributed by atoms with Gasteiger partial charge in [0.25, 0.3) is 0 Å². The van der Waals surface area contributed by atoms with Crippen molar-refractivity contribution in [3.8, 4) is 5.75 Å². The summed E-state index contributed by atoms with van der Waals surface area (Å²) >= 11 is 7.68. The highest BCUT2D eigenvalue weighted by Gasteiger charge is 2.20. The summed E-state index contributed by atoms with van der Waals surface area (Å²) in [5, 5.41) is 8.41. The first kappa shape index (κ1) is 14.4. The quantitative estimate of drug-likeness (QED) is 0.846. The highest BCUT2D eigenvalue weighted by molar-refractivity contribution is 7.07. The normalized spacial score (nSPS) is 14.1. The molecule has 2 atom stereocenters. The van der Waals surface area contributed by atoms with Crippen LogP contribution in [0.25, 0.3) is 0 Å². The molecule has 2 aromatic rings. The first-order chi connectivity index (χ1) is 9.20. The lowest BCUT2D eigenvalue weighted by atomic mass is 10.1. The van der Waals surface area contributed by atoms with E-state index in [1.165, 1.54) is 5.56 Å². The fraction of sp³-hybridized carbons (Fsp3) is 0.333. The summed E-state index contributed by atoms with van der Waals surface area (Å²) in [6.45, 7) is 5.08. The van der Waals surface area contributed by atoms with E-state index in [1.54, 1.807) is 11.3 Å². The molecule has 102 valence electrons. The van der Waals surface area contributed by atoms with E-state index in [0.717, 1.165) is 12.3 Å². The molecule has 0 amide bonds. The number of nitrogens with one attached hydrogen (secondary N) is 1. The molecule has 1 N–H and O–H groups in total. The van der Waals surface area contributed by atoms with Crippen molar-refractivity contribution < 1.29 is 4.74 Å². The van der Waals surface area contributed by atoms with Crippen molar-refractivity contribution in [2.75, 3.05) is 6.54 Å². The fourth-order valence-electron chi connectivity index (χ4n) is 2.05. The summed E-state index contributed by atoms with van der Waals surface area (Å²) in [6.07, 6.45) is 0.0352. The van der Waals surface area contributed by atoms with Crippen molar-refractivity contribution >= 4 is 22.9 Å². The monoisotopic (exact) mass is 295 g/mol. The summed E-state index contributed by atoms with van der Waals surface area (Å²) in [6, 6.07) is 9.84. The minimum absolute atomic E-state index is 0.0352. The van der Waals surface area contributed by atoms with Gasteiger partial charge in [0.1, 0.15) is 11.9 Å². The summed E-state index contributed by atoms with van der Waals surface area (Å²) in [4.78, 5) is 0. The van der Waals surface area contributed by atoms with Gasteiger partial charge in [0.05, 0.1) is 6.04 Å². The van der Waals surface area contributed by atoms with Gasteiger partial charge in [-0.15, -0.1) is 0 Å². The van der Waals surface area contributed by atoms with Crippen LogP contribution < -0.4 is 10.1 Å². The van der Waals surface area contributed by atoms with E-state index in [9.17, 15) is 0 Å². The average molecular weight is 296 g/mol. The summed E-state index contributed by atoms with van der Waals surface area (Å²) in [5.41, 5.74) is 1.27. The number of ether oxygens (including phenoxy) is 1. The van der Waals surface area contributed by atoms with Crippen LogP contribution in [-0.4, -0.2) is 12.6 Å². The number of hydrogen-bond acceptors (Lipinski definition) is 3. The molecule has 0 saturated carbocycles. The molecule has 0 bridgehead atoms. The smallest absolute Gasteiger partial charge is 0.121 e. The van der Waals surface area contributed by atoms with Gasteiger partial charge < -0.3 is 10.1 Å². The zero-order valence-electron chi connectivity index (χ0n) is 11.1. The maximum atomic E-state index is 5.99. The SMILES string of the molecule is CCNC(c1ccsc1)C(C)Oc1cccc(Cl)c1. The second-order valence-electron chi connectivity index (χ2n) is 4.37. The van der Waals surface area contributed by atoms with Gasteiger partial charge in [-0.2, -0.15) is 11.3 Å². The fourth-order valence-corrected chi connectivity index (χ4v) is 2.93. The third-order valence-electron chi connectivity index (χ3n) is 2.91. The van der Waals surface area contributed by atoms with Gasteiger partial charge in [0.2, 0.25) is 0 Å². The van der Waals surface area contributed by atoms with Gasteiger partial charge in [0.15, 0.2) is 0 Å². The van der Waals surface area contributed by atoms with E-state index in [2.05, 4.69) is 36.0 Å². The van der Waals surface area contributed by atoms with Crippen LogP contribution in [0, 0.1) is 0 Å². The van der Waals surface area contributed by atoms with Crippen molar-refractivity contribution in [2.24, 2.45) is 0 Å². The van der Waals surface area contributed by atoms with E-state index in [0.29, 0.717) is 5.02 Å². The maximum absolute atomic E-state index is 5.99. The van der Waals surface area contributed by atoms with Crippen molar-refractivity contribution in [3.05, 3.63) is 51.7 Å². The molecule has 2 rings (SSSR count). The second kappa shape index (κ2) is 6.94.